The molecule has 2 aliphatic heterocycles. The molecule has 1 atom stereocenters. The van der Waals surface area contributed by atoms with E-state index < -0.39 is 17.8 Å². The zero-order chi connectivity index (χ0) is 18.7. The molecule has 1 unspecified atom stereocenters. The van der Waals surface area contributed by atoms with Crippen LogP contribution in [0.2, 0.25) is 0 Å². The molecule has 10 heteroatoms. The van der Waals surface area contributed by atoms with Gasteiger partial charge in [-0.1, -0.05) is 0 Å². The van der Waals surface area contributed by atoms with Gasteiger partial charge in [-0.25, -0.2) is 4.79 Å². The first-order valence-electron chi connectivity index (χ1n) is 8.45. The molecule has 1 aromatic rings. The predicted molar refractivity (Wildman–Crippen MR) is 88.6 cm³/mol. The summed E-state index contributed by atoms with van der Waals surface area (Å²) in [5.41, 5.74) is 0. The Balaban J connectivity index is 1.59. The lowest BCUT2D eigenvalue weighted by atomic mass is 10.3. The van der Waals surface area contributed by atoms with Crippen LogP contribution >= 0.6 is 0 Å². The number of hydrogen-bond donors (Lipinski definition) is 0. The molecular formula is C16H21N5O5. The molecule has 0 bridgehead atoms. The van der Waals surface area contributed by atoms with Crippen molar-refractivity contribution >= 4 is 17.8 Å². The van der Waals surface area contributed by atoms with Crippen molar-refractivity contribution in [1.29, 1.82) is 0 Å². The summed E-state index contributed by atoms with van der Waals surface area (Å²) in [6.45, 7) is 3.57. The van der Waals surface area contributed by atoms with Crippen molar-refractivity contribution in [2.45, 2.75) is 19.4 Å². The van der Waals surface area contributed by atoms with Crippen LogP contribution in [0, 0.1) is 0 Å². The van der Waals surface area contributed by atoms with Crippen LogP contribution in [0.1, 0.15) is 13.3 Å². The van der Waals surface area contributed by atoms with Gasteiger partial charge in [-0.2, -0.15) is 4.98 Å². The number of urea groups is 1. The summed E-state index contributed by atoms with van der Waals surface area (Å²) >= 11 is 0. The molecule has 2 fully saturated rings. The van der Waals surface area contributed by atoms with E-state index in [1.807, 2.05) is 0 Å². The Labute approximate surface area is 150 Å². The Bertz CT molecular complexity index is 712. The second-order valence-corrected chi connectivity index (χ2v) is 6.00. The maximum atomic E-state index is 12.6. The first-order chi connectivity index (χ1) is 12.5. The number of imide groups is 1. The number of amides is 4. The van der Waals surface area contributed by atoms with E-state index in [0.29, 0.717) is 44.4 Å². The van der Waals surface area contributed by atoms with E-state index in [4.69, 9.17) is 9.47 Å². The maximum Gasteiger partial charge on any atom is 0.327 e. The summed E-state index contributed by atoms with van der Waals surface area (Å²) in [7, 11) is 1.49. The minimum atomic E-state index is -0.772. The standard InChI is InChI=1S/C16H21N5O5/c1-3-19-6-7-21(15(23)14(19)22)16(24)20-5-4-11(10-20)26-13-9-17-8-12(18-13)25-2/h8-9,11H,3-7,10H2,1-2H3. The van der Waals surface area contributed by atoms with Crippen LogP contribution in [-0.4, -0.2) is 88.5 Å². The molecule has 0 saturated carbocycles. The third-order valence-corrected chi connectivity index (χ3v) is 4.42. The summed E-state index contributed by atoms with van der Waals surface area (Å²) in [4.78, 5) is 48.8. The van der Waals surface area contributed by atoms with Crippen molar-refractivity contribution in [1.82, 2.24) is 24.7 Å². The van der Waals surface area contributed by atoms with Gasteiger partial charge in [0.1, 0.15) is 6.10 Å². The van der Waals surface area contributed by atoms with E-state index in [1.54, 1.807) is 6.92 Å². The van der Waals surface area contributed by atoms with Gasteiger partial charge in [0, 0.05) is 32.6 Å². The topological polar surface area (TPSA) is 105 Å². The molecule has 0 aromatic carbocycles. The van der Waals surface area contributed by atoms with Gasteiger partial charge < -0.3 is 19.3 Å². The molecule has 0 radical (unpaired) electrons. The van der Waals surface area contributed by atoms with Crippen LogP contribution in [0.5, 0.6) is 11.8 Å². The van der Waals surface area contributed by atoms with E-state index in [0.717, 1.165) is 4.90 Å². The van der Waals surface area contributed by atoms with E-state index in [9.17, 15) is 14.4 Å². The number of aromatic nitrogens is 2. The Morgan fingerprint density at radius 2 is 1.96 bits per heavy atom. The number of nitrogens with zero attached hydrogens (tertiary/aromatic N) is 5. The summed E-state index contributed by atoms with van der Waals surface area (Å²) in [6.07, 6.45) is 3.28. The number of ether oxygens (including phenoxy) is 2. The van der Waals surface area contributed by atoms with Crippen LogP contribution < -0.4 is 9.47 Å². The monoisotopic (exact) mass is 363 g/mol. The van der Waals surface area contributed by atoms with Crippen LogP contribution in [0.4, 0.5) is 4.79 Å². The fourth-order valence-corrected chi connectivity index (χ4v) is 2.98. The third-order valence-electron chi connectivity index (χ3n) is 4.42. The first kappa shape index (κ1) is 17.9. The SMILES string of the molecule is CCN1CCN(C(=O)N2CCC(Oc3cncc(OC)n3)C2)C(=O)C1=O. The molecular weight excluding hydrogens is 342 g/mol. The minimum Gasteiger partial charge on any atom is -0.480 e. The zero-order valence-corrected chi connectivity index (χ0v) is 14.8. The molecule has 4 amide bonds. The third kappa shape index (κ3) is 3.53. The Kier molecular flexibility index (Phi) is 5.19. The van der Waals surface area contributed by atoms with E-state index >= 15 is 0 Å². The summed E-state index contributed by atoms with van der Waals surface area (Å²) in [6, 6.07) is -0.457. The average molecular weight is 363 g/mol. The molecule has 10 nitrogen and oxygen atoms in total. The summed E-state index contributed by atoms with van der Waals surface area (Å²) in [5.74, 6) is -0.755. The lowest BCUT2D eigenvalue weighted by Gasteiger charge is -2.33. The lowest BCUT2D eigenvalue weighted by molar-refractivity contribution is -0.153. The van der Waals surface area contributed by atoms with E-state index in [2.05, 4.69) is 9.97 Å². The van der Waals surface area contributed by atoms with Crippen molar-refractivity contribution in [3.63, 3.8) is 0 Å². The maximum absolute atomic E-state index is 12.6. The molecule has 0 spiro atoms. The van der Waals surface area contributed by atoms with Gasteiger partial charge in [0.15, 0.2) is 0 Å². The van der Waals surface area contributed by atoms with Crippen LogP contribution in [0.3, 0.4) is 0 Å². The second-order valence-electron chi connectivity index (χ2n) is 6.00. The molecule has 2 aliphatic rings. The van der Waals surface area contributed by atoms with E-state index in [-0.39, 0.29) is 12.6 Å². The number of likely N-dealkylation sites (N-methyl/N-ethyl adjacent to an activating group) is 1. The van der Waals surface area contributed by atoms with Crippen LogP contribution in [0.15, 0.2) is 12.4 Å². The highest BCUT2D eigenvalue weighted by Crippen LogP contribution is 2.19. The second kappa shape index (κ2) is 7.54. The normalized spacial score (nSPS) is 20.5. The molecule has 140 valence electrons. The van der Waals surface area contributed by atoms with Gasteiger partial charge in [-0.05, 0) is 6.92 Å². The Morgan fingerprint density at radius 3 is 2.69 bits per heavy atom. The molecule has 2 saturated heterocycles. The molecule has 1 aromatic heterocycles. The van der Waals surface area contributed by atoms with Gasteiger partial charge in [0.25, 0.3) is 0 Å². The van der Waals surface area contributed by atoms with Gasteiger partial charge in [-0.15, -0.1) is 0 Å². The largest absolute Gasteiger partial charge is 0.480 e. The smallest absolute Gasteiger partial charge is 0.327 e. The van der Waals surface area contributed by atoms with Gasteiger partial charge in [-0.3, -0.25) is 19.5 Å². The number of hydrogen-bond acceptors (Lipinski definition) is 7. The van der Waals surface area contributed by atoms with Gasteiger partial charge >= 0.3 is 17.8 Å². The van der Waals surface area contributed by atoms with Crippen molar-refractivity contribution in [2.75, 3.05) is 39.8 Å². The Hall–Kier alpha value is -2.91. The van der Waals surface area contributed by atoms with Crippen molar-refractivity contribution in [3.8, 4) is 11.8 Å². The van der Waals surface area contributed by atoms with Crippen molar-refractivity contribution in [2.24, 2.45) is 0 Å². The first-order valence-corrected chi connectivity index (χ1v) is 8.45. The number of piperazine rings is 1. The number of methoxy groups -OCH3 is 1. The lowest BCUT2D eigenvalue weighted by Crippen LogP contribution is -2.58. The highest BCUT2D eigenvalue weighted by atomic mass is 16.5. The predicted octanol–water partition coefficient (Wildman–Crippen LogP) is -0.251. The molecule has 0 N–H and O–H groups in total. The zero-order valence-electron chi connectivity index (χ0n) is 14.8. The number of likely N-dealkylation sites (tertiary alicyclic amines) is 1. The minimum absolute atomic E-state index is 0.209. The fraction of sp³-hybridized carbons (Fsp3) is 0.562. The molecule has 3 heterocycles. The molecule has 0 aliphatic carbocycles. The Morgan fingerprint density at radius 1 is 1.19 bits per heavy atom. The van der Waals surface area contributed by atoms with Crippen LogP contribution in [0.25, 0.3) is 0 Å². The van der Waals surface area contributed by atoms with E-state index in [1.165, 1.54) is 29.3 Å². The van der Waals surface area contributed by atoms with Crippen LogP contribution in [-0.2, 0) is 9.59 Å². The summed E-state index contributed by atoms with van der Waals surface area (Å²) < 4.78 is 10.7. The fourth-order valence-electron chi connectivity index (χ4n) is 2.98. The molecule has 3 rings (SSSR count). The number of carbonyl (C=O) groups excluding carboxylic acids is 3. The van der Waals surface area contributed by atoms with Gasteiger partial charge in [0.2, 0.25) is 11.8 Å². The van der Waals surface area contributed by atoms with Gasteiger partial charge in [0.05, 0.1) is 26.0 Å². The quantitative estimate of drug-likeness (QED) is 0.679. The highest BCUT2D eigenvalue weighted by Gasteiger charge is 2.39. The number of rotatable bonds is 4. The average Bonchev–Trinajstić information content (AvgIpc) is 3.12. The summed E-state index contributed by atoms with van der Waals surface area (Å²) in [5, 5.41) is 0. The number of carbonyl (C=O) groups is 3. The van der Waals surface area contributed by atoms with Crippen molar-refractivity contribution in [3.05, 3.63) is 12.4 Å². The molecule has 26 heavy (non-hydrogen) atoms. The highest BCUT2D eigenvalue weighted by molar-refractivity contribution is 6.38. The van der Waals surface area contributed by atoms with Crippen molar-refractivity contribution < 1.29 is 23.9 Å².